The van der Waals surface area contributed by atoms with Crippen molar-refractivity contribution in [1.82, 2.24) is 15.5 Å². The molecule has 0 fully saturated rings. The van der Waals surface area contributed by atoms with Gasteiger partial charge in [0.15, 0.2) is 6.10 Å². The molecule has 1 aromatic heterocycles. The Bertz CT molecular complexity index is 1010. The van der Waals surface area contributed by atoms with Crippen molar-refractivity contribution in [1.29, 1.82) is 0 Å². The number of carbonyl (C=O) groups is 1. The quantitative estimate of drug-likeness (QED) is 0.549. The summed E-state index contributed by atoms with van der Waals surface area (Å²) in [6.45, 7) is 1.91. The lowest BCUT2D eigenvalue weighted by Crippen LogP contribution is -2.37. The van der Waals surface area contributed by atoms with Crippen LogP contribution in [0.4, 0.5) is 0 Å². The van der Waals surface area contributed by atoms with Gasteiger partial charge in [-0.15, -0.1) is 0 Å². The number of hydrogen-bond donors (Lipinski definition) is 1. The summed E-state index contributed by atoms with van der Waals surface area (Å²) >= 11 is 6.10. The fourth-order valence-corrected chi connectivity index (χ4v) is 2.89. The molecule has 0 radical (unpaired) electrons. The lowest BCUT2D eigenvalue weighted by Gasteiger charge is -2.17. The Morgan fingerprint density at radius 1 is 1.17 bits per heavy atom. The first kappa shape index (κ1) is 21.4. The van der Waals surface area contributed by atoms with E-state index in [1.807, 2.05) is 6.92 Å². The molecule has 1 N–H and O–H groups in total. The van der Waals surface area contributed by atoms with E-state index in [1.165, 1.54) is 0 Å². The maximum atomic E-state index is 12.5. The summed E-state index contributed by atoms with van der Waals surface area (Å²) in [5, 5.41) is 7.16. The number of nitrogens with one attached hydrogen (secondary N) is 1. The zero-order chi connectivity index (χ0) is 21.5. The zero-order valence-electron chi connectivity index (χ0n) is 16.8. The molecule has 1 heterocycles. The molecule has 9 heteroatoms. The number of halogens is 1. The van der Waals surface area contributed by atoms with Crippen LogP contribution < -0.4 is 19.5 Å². The van der Waals surface area contributed by atoms with Gasteiger partial charge < -0.3 is 24.1 Å². The SMILES string of the molecule is CCC(Oc1ccccc1Cl)C(=O)NCc1nc(-c2ccc(OC)cc2OC)no1. The topological polar surface area (TPSA) is 95.7 Å². The number of benzene rings is 2. The smallest absolute Gasteiger partial charge is 0.261 e. The van der Waals surface area contributed by atoms with E-state index >= 15 is 0 Å². The molecule has 1 amide bonds. The molecule has 1 atom stereocenters. The first-order valence-corrected chi connectivity index (χ1v) is 9.67. The number of ether oxygens (including phenoxy) is 3. The van der Waals surface area contributed by atoms with Crippen molar-refractivity contribution in [3.8, 4) is 28.6 Å². The van der Waals surface area contributed by atoms with E-state index in [0.29, 0.717) is 40.1 Å². The van der Waals surface area contributed by atoms with Gasteiger partial charge in [0, 0.05) is 6.07 Å². The number of carbonyl (C=O) groups excluding carboxylic acids is 1. The molecule has 158 valence electrons. The maximum Gasteiger partial charge on any atom is 0.261 e. The third kappa shape index (κ3) is 5.01. The van der Waals surface area contributed by atoms with E-state index in [-0.39, 0.29) is 18.3 Å². The van der Waals surface area contributed by atoms with Crippen molar-refractivity contribution in [3.63, 3.8) is 0 Å². The van der Waals surface area contributed by atoms with Crippen LogP contribution in [0.15, 0.2) is 47.0 Å². The van der Waals surface area contributed by atoms with Crippen LogP contribution in [0.3, 0.4) is 0 Å². The monoisotopic (exact) mass is 431 g/mol. The van der Waals surface area contributed by atoms with E-state index in [2.05, 4.69) is 15.5 Å². The molecule has 0 aliphatic carbocycles. The summed E-state index contributed by atoms with van der Waals surface area (Å²) in [5.74, 6) is 1.94. The minimum atomic E-state index is -0.700. The van der Waals surface area contributed by atoms with Gasteiger partial charge in [0.25, 0.3) is 5.91 Å². The zero-order valence-corrected chi connectivity index (χ0v) is 17.6. The number of rotatable bonds is 9. The molecule has 30 heavy (non-hydrogen) atoms. The van der Waals surface area contributed by atoms with Gasteiger partial charge in [-0.3, -0.25) is 4.79 Å². The Hall–Kier alpha value is -3.26. The number of nitrogens with zero attached hydrogens (tertiary/aromatic N) is 2. The van der Waals surface area contributed by atoms with Crippen LogP contribution in [0, 0.1) is 0 Å². The second-order valence-electron chi connectivity index (χ2n) is 6.24. The van der Waals surface area contributed by atoms with Gasteiger partial charge in [0.05, 0.1) is 31.4 Å². The Morgan fingerprint density at radius 3 is 2.67 bits per heavy atom. The average molecular weight is 432 g/mol. The summed E-state index contributed by atoms with van der Waals surface area (Å²) in [7, 11) is 3.12. The number of methoxy groups -OCH3 is 2. The Balaban J connectivity index is 1.65. The van der Waals surface area contributed by atoms with Crippen molar-refractivity contribution >= 4 is 17.5 Å². The molecule has 0 aliphatic rings. The van der Waals surface area contributed by atoms with E-state index in [4.69, 9.17) is 30.3 Å². The van der Waals surface area contributed by atoms with E-state index in [1.54, 1.807) is 56.7 Å². The van der Waals surface area contributed by atoms with Gasteiger partial charge in [0.1, 0.15) is 17.2 Å². The standard InChI is InChI=1S/C21H22ClN3O5/c1-4-16(29-17-8-6-5-7-15(17)22)21(26)23-12-19-24-20(25-30-19)14-10-9-13(27-2)11-18(14)28-3/h5-11,16H,4,12H2,1-3H3,(H,23,26). The molecule has 3 aromatic rings. The van der Waals surface area contributed by atoms with Crippen LogP contribution in [0.25, 0.3) is 11.4 Å². The summed E-state index contributed by atoms with van der Waals surface area (Å²) in [4.78, 5) is 16.8. The molecule has 8 nitrogen and oxygen atoms in total. The molecular weight excluding hydrogens is 410 g/mol. The van der Waals surface area contributed by atoms with Gasteiger partial charge >= 0.3 is 0 Å². The van der Waals surface area contributed by atoms with E-state index in [9.17, 15) is 4.79 Å². The first-order chi connectivity index (χ1) is 14.5. The lowest BCUT2D eigenvalue weighted by atomic mass is 10.2. The minimum absolute atomic E-state index is 0.0622. The molecule has 0 aliphatic heterocycles. The van der Waals surface area contributed by atoms with Gasteiger partial charge in [-0.25, -0.2) is 0 Å². The van der Waals surface area contributed by atoms with Crippen molar-refractivity contribution in [2.24, 2.45) is 0 Å². The Labute approximate surface area is 179 Å². The van der Waals surface area contributed by atoms with E-state index in [0.717, 1.165) is 0 Å². The predicted octanol–water partition coefficient (Wildman–Crippen LogP) is 3.88. The molecule has 0 bridgehead atoms. The molecular formula is C21H22ClN3O5. The molecule has 0 saturated carbocycles. The predicted molar refractivity (Wildman–Crippen MR) is 111 cm³/mol. The van der Waals surface area contributed by atoms with Crippen LogP contribution in [-0.2, 0) is 11.3 Å². The third-order valence-corrected chi connectivity index (χ3v) is 4.61. The molecule has 0 spiro atoms. The van der Waals surface area contributed by atoms with Gasteiger partial charge in [-0.1, -0.05) is 35.8 Å². The fourth-order valence-electron chi connectivity index (χ4n) is 2.71. The van der Waals surface area contributed by atoms with Gasteiger partial charge in [-0.05, 0) is 30.7 Å². The largest absolute Gasteiger partial charge is 0.497 e. The number of amides is 1. The molecule has 0 saturated heterocycles. The van der Waals surface area contributed by atoms with Gasteiger partial charge in [0.2, 0.25) is 11.7 Å². The van der Waals surface area contributed by atoms with Crippen molar-refractivity contribution < 1.29 is 23.5 Å². The number of para-hydroxylation sites is 1. The highest BCUT2D eigenvalue weighted by atomic mass is 35.5. The minimum Gasteiger partial charge on any atom is -0.497 e. The summed E-state index contributed by atoms with van der Waals surface area (Å²) < 4.78 is 21.5. The average Bonchev–Trinajstić information content (AvgIpc) is 3.25. The number of aromatic nitrogens is 2. The summed E-state index contributed by atoms with van der Waals surface area (Å²) in [6.07, 6.45) is -0.233. The number of hydrogen-bond acceptors (Lipinski definition) is 7. The fraction of sp³-hybridized carbons (Fsp3) is 0.286. The van der Waals surface area contributed by atoms with Crippen LogP contribution in [0.2, 0.25) is 5.02 Å². The maximum absolute atomic E-state index is 12.5. The van der Waals surface area contributed by atoms with Crippen molar-refractivity contribution in [2.75, 3.05) is 14.2 Å². The van der Waals surface area contributed by atoms with Crippen molar-refractivity contribution in [3.05, 3.63) is 53.4 Å². The Kier molecular flexibility index (Phi) is 7.13. The summed E-state index contributed by atoms with van der Waals surface area (Å²) in [6, 6.07) is 12.3. The lowest BCUT2D eigenvalue weighted by molar-refractivity contribution is -0.128. The molecule has 3 rings (SSSR count). The molecule has 1 unspecified atom stereocenters. The third-order valence-electron chi connectivity index (χ3n) is 4.30. The first-order valence-electron chi connectivity index (χ1n) is 9.29. The van der Waals surface area contributed by atoms with Crippen LogP contribution in [0.5, 0.6) is 17.2 Å². The summed E-state index contributed by atoms with van der Waals surface area (Å²) in [5.41, 5.74) is 0.646. The van der Waals surface area contributed by atoms with Crippen LogP contribution in [-0.4, -0.2) is 36.4 Å². The van der Waals surface area contributed by atoms with Crippen LogP contribution >= 0.6 is 11.6 Å². The Morgan fingerprint density at radius 2 is 1.97 bits per heavy atom. The second-order valence-corrected chi connectivity index (χ2v) is 6.65. The highest BCUT2D eigenvalue weighted by Gasteiger charge is 2.21. The molecule has 2 aromatic carbocycles. The highest BCUT2D eigenvalue weighted by Crippen LogP contribution is 2.31. The van der Waals surface area contributed by atoms with Crippen LogP contribution in [0.1, 0.15) is 19.2 Å². The normalized spacial score (nSPS) is 11.6. The van der Waals surface area contributed by atoms with E-state index < -0.39 is 6.10 Å². The van der Waals surface area contributed by atoms with Crippen molar-refractivity contribution in [2.45, 2.75) is 26.0 Å². The van der Waals surface area contributed by atoms with Gasteiger partial charge in [-0.2, -0.15) is 4.98 Å². The highest BCUT2D eigenvalue weighted by molar-refractivity contribution is 6.32. The second kappa shape index (κ2) is 9.98.